The minimum Gasteiger partial charge on any atom is -0.481 e. The molecule has 2 unspecified atom stereocenters. The highest BCUT2D eigenvalue weighted by Gasteiger charge is 2.21. The molecule has 0 aliphatic heterocycles. The van der Waals surface area contributed by atoms with E-state index in [4.69, 9.17) is 5.11 Å². The van der Waals surface area contributed by atoms with Crippen LogP contribution in [0.4, 0.5) is 4.79 Å². The minimum absolute atomic E-state index is 0.0256. The SMILES string of the molecule is CCC(CC(=O)O)NC(=O)N(C)C(C)c1cccs1. The van der Waals surface area contributed by atoms with Crippen LogP contribution in [0.1, 0.15) is 37.6 Å². The minimum atomic E-state index is -0.902. The number of amides is 2. The molecule has 0 aliphatic carbocycles. The van der Waals surface area contributed by atoms with Gasteiger partial charge >= 0.3 is 12.0 Å². The first-order valence-corrected chi connectivity index (χ1v) is 7.12. The summed E-state index contributed by atoms with van der Waals surface area (Å²) in [5.41, 5.74) is 0. The van der Waals surface area contributed by atoms with Crippen LogP contribution in [-0.4, -0.2) is 35.1 Å². The molecule has 0 spiro atoms. The highest BCUT2D eigenvalue weighted by molar-refractivity contribution is 7.10. The van der Waals surface area contributed by atoms with E-state index in [1.54, 1.807) is 23.3 Å². The van der Waals surface area contributed by atoms with Crippen molar-refractivity contribution in [1.29, 1.82) is 0 Å². The summed E-state index contributed by atoms with van der Waals surface area (Å²) in [6, 6.07) is 3.33. The van der Waals surface area contributed by atoms with Crippen LogP contribution in [0.15, 0.2) is 17.5 Å². The van der Waals surface area contributed by atoms with Crippen LogP contribution in [0.2, 0.25) is 0 Å². The normalized spacial score (nSPS) is 13.6. The zero-order valence-corrected chi connectivity index (χ0v) is 12.2. The number of carbonyl (C=O) groups is 2. The maximum absolute atomic E-state index is 12.1. The Balaban J connectivity index is 2.59. The summed E-state index contributed by atoms with van der Waals surface area (Å²) in [7, 11) is 1.72. The van der Waals surface area contributed by atoms with Crippen molar-refractivity contribution in [3.05, 3.63) is 22.4 Å². The molecule has 2 amide bonds. The molecule has 0 aromatic carbocycles. The lowest BCUT2D eigenvalue weighted by Gasteiger charge is -2.26. The Kier molecular flexibility index (Phi) is 5.82. The van der Waals surface area contributed by atoms with E-state index in [0.717, 1.165) is 4.88 Å². The number of rotatable bonds is 6. The van der Waals surface area contributed by atoms with Crippen molar-refractivity contribution in [2.45, 2.75) is 38.8 Å². The number of hydrogen-bond donors (Lipinski definition) is 2. The summed E-state index contributed by atoms with van der Waals surface area (Å²) < 4.78 is 0. The summed E-state index contributed by atoms with van der Waals surface area (Å²) in [6.45, 7) is 3.81. The lowest BCUT2D eigenvalue weighted by atomic mass is 10.1. The van der Waals surface area contributed by atoms with E-state index in [1.807, 2.05) is 31.4 Å². The fourth-order valence-corrected chi connectivity index (χ4v) is 2.51. The summed E-state index contributed by atoms with van der Waals surface area (Å²) in [6.07, 6.45) is 0.544. The molecular formula is C13H20N2O3S. The number of aliphatic carboxylic acids is 1. The maximum Gasteiger partial charge on any atom is 0.317 e. The highest BCUT2D eigenvalue weighted by atomic mass is 32.1. The smallest absolute Gasteiger partial charge is 0.317 e. The summed E-state index contributed by atoms with van der Waals surface area (Å²) in [4.78, 5) is 25.4. The van der Waals surface area contributed by atoms with Gasteiger partial charge in [0.15, 0.2) is 0 Å². The number of thiophene rings is 1. The van der Waals surface area contributed by atoms with Gasteiger partial charge in [0, 0.05) is 18.0 Å². The first-order valence-electron chi connectivity index (χ1n) is 6.24. The van der Waals surface area contributed by atoms with Crippen molar-refractivity contribution in [2.24, 2.45) is 0 Å². The second-order valence-corrected chi connectivity index (χ2v) is 5.43. The molecule has 1 aromatic heterocycles. The molecule has 0 fully saturated rings. The van der Waals surface area contributed by atoms with Gasteiger partial charge in [-0.25, -0.2) is 4.79 Å². The number of hydrogen-bond acceptors (Lipinski definition) is 3. The zero-order chi connectivity index (χ0) is 14.4. The van der Waals surface area contributed by atoms with Crippen LogP contribution in [0.25, 0.3) is 0 Å². The number of carboxylic acid groups (broad SMARTS) is 1. The largest absolute Gasteiger partial charge is 0.481 e. The van der Waals surface area contributed by atoms with E-state index in [-0.39, 0.29) is 24.5 Å². The van der Waals surface area contributed by atoms with Crippen molar-refractivity contribution in [2.75, 3.05) is 7.05 Å². The first kappa shape index (κ1) is 15.5. The van der Waals surface area contributed by atoms with Crippen molar-refractivity contribution < 1.29 is 14.7 Å². The highest BCUT2D eigenvalue weighted by Crippen LogP contribution is 2.23. The van der Waals surface area contributed by atoms with Gasteiger partial charge in [-0.3, -0.25) is 4.79 Å². The molecule has 6 heteroatoms. The summed E-state index contributed by atoms with van der Waals surface area (Å²) in [5, 5.41) is 13.5. The summed E-state index contributed by atoms with van der Waals surface area (Å²) >= 11 is 1.60. The Hall–Kier alpha value is -1.56. The predicted octanol–water partition coefficient (Wildman–Crippen LogP) is 2.70. The molecule has 1 aromatic rings. The first-order chi connectivity index (χ1) is 8.95. The van der Waals surface area contributed by atoms with Gasteiger partial charge in [0.2, 0.25) is 0 Å². The van der Waals surface area contributed by atoms with Crippen molar-refractivity contribution in [3.8, 4) is 0 Å². The zero-order valence-electron chi connectivity index (χ0n) is 11.4. The van der Waals surface area contributed by atoms with E-state index in [9.17, 15) is 9.59 Å². The number of carboxylic acids is 1. The van der Waals surface area contributed by atoms with E-state index >= 15 is 0 Å². The number of carbonyl (C=O) groups excluding carboxylic acids is 1. The van der Waals surface area contributed by atoms with E-state index < -0.39 is 5.97 Å². The molecule has 1 rings (SSSR count). The Labute approximate surface area is 117 Å². The fraction of sp³-hybridized carbons (Fsp3) is 0.538. The van der Waals surface area contributed by atoms with Crippen LogP contribution < -0.4 is 5.32 Å². The lowest BCUT2D eigenvalue weighted by molar-refractivity contribution is -0.137. The van der Waals surface area contributed by atoms with Crippen LogP contribution in [0.3, 0.4) is 0 Å². The van der Waals surface area contributed by atoms with Gasteiger partial charge in [-0.1, -0.05) is 13.0 Å². The van der Waals surface area contributed by atoms with Crippen LogP contribution in [0, 0.1) is 0 Å². The molecule has 2 atom stereocenters. The van der Waals surface area contributed by atoms with Crippen LogP contribution in [-0.2, 0) is 4.79 Å². The van der Waals surface area contributed by atoms with E-state index in [2.05, 4.69) is 5.32 Å². The van der Waals surface area contributed by atoms with Crippen molar-refractivity contribution in [1.82, 2.24) is 10.2 Å². The van der Waals surface area contributed by atoms with Crippen molar-refractivity contribution >= 4 is 23.3 Å². The third kappa shape index (κ3) is 4.55. The predicted molar refractivity (Wildman–Crippen MR) is 75.4 cm³/mol. The fourth-order valence-electron chi connectivity index (χ4n) is 1.68. The van der Waals surface area contributed by atoms with Gasteiger partial charge < -0.3 is 15.3 Å². The molecule has 2 N–H and O–H groups in total. The second-order valence-electron chi connectivity index (χ2n) is 4.45. The Morgan fingerprint density at radius 1 is 1.53 bits per heavy atom. The van der Waals surface area contributed by atoms with Gasteiger partial charge in [0.25, 0.3) is 0 Å². The Bertz CT molecular complexity index is 420. The molecule has 0 radical (unpaired) electrons. The third-order valence-corrected chi connectivity index (χ3v) is 4.14. The Morgan fingerprint density at radius 3 is 2.68 bits per heavy atom. The molecule has 5 nitrogen and oxygen atoms in total. The molecule has 106 valence electrons. The number of nitrogens with one attached hydrogen (secondary N) is 1. The van der Waals surface area contributed by atoms with Crippen LogP contribution >= 0.6 is 11.3 Å². The average molecular weight is 284 g/mol. The molecule has 0 saturated carbocycles. The van der Waals surface area contributed by atoms with E-state index in [1.165, 1.54) is 0 Å². The molecule has 0 saturated heterocycles. The quantitative estimate of drug-likeness (QED) is 0.844. The molecular weight excluding hydrogens is 264 g/mol. The van der Waals surface area contributed by atoms with Gasteiger partial charge in [0.1, 0.15) is 0 Å². The van der Waals surface area contributed by atoms with Gasteiger partial charge in [-0.15, -0.1) is 11.3 Å². The lowest BCUT2D eigenvalue weighted by Crippen LogP contribution is -2.44. The summed E-state index contributed by atoms with van der Waals surface area (Å²) in [5.74, 6) is -0.902. The third-order valence-electron chi connectivity index (χ3n) is 3.10. The van der Waals surface area contributed by atoms with Gasteiger partial charge in [-0.2, -0.15) is 0 Å². The van der Waals surface area contributed by atoms with E-state index in [0.29, 0.717) is 6.42 Å². The molecule has 19 heavy (non-hydrogen) atoms. The monoisotopic (exact) mass is 284 g/mol. The van der Waals surface area contributed by atoms with Crippen molar-refractivity contribution in [3.63, 3.8) is 0 Å². The molecule has 0 bridgehead atoms. The standard InChI is InChI=1S/C13H20N2O3S/c1-4-10(8-12(16)17)14-13(18)15(3)9(2)11-6-5-7-19-11/h5-7,9-10H,4,8H2,1-3H3,(H,14,18)(H,16,17). The number of nitrogens with zero attached hydrogens (tertiary/aromatic N) is 1. The van der Waals surface area contributed by atoms with Crippen LogP contribution in [0.5, 0.6) is 0 Å². The Morgan fingerprint density at radius 2 is 2.21 bits per heavy atom. The average Bonchev–Trinajstić information content (AvgIpc) is 2.89. The second kappa shape index (κ2) is 7.13. The topological polar surface area (TPSA) is 69.6 Å². The maximum atomic E-state index is 12.1. The number of urea groups is 1. The molecule has 0 aliphatic rings. The molecule has 1 heterocycles. The van der Waals surface area contributed by atoms with Gasteiger partial charge in [-0.05, 0) is 24.8 Å². The van der Waals surface area contributed by atoms with Gasteiger partial charge in [0.05, 0.1) is 12.5 Å².